The molecule has 1 aliphatic heterocycles. The van der Waals surface area contributed by atoms with Crippen LogP contribution in [0.5, 0.6) is 0 Å². The highest BCUT2D eigenvalue weighted by atomic mass is 19.1. The van der Waals surface area contributed by atoms with Gasteiger partial charge in [0.1, 0.15) is 11.4 Å². The minimum atomic E-state index is -0.641. The third-order valence-electron chi connectivity index (χ3n) is 3.16. The molecule has 1 saturated heterocycles. The molecule has 2 N–H and O–H groups in total. The van der Waals surface area contributed by atoms with Crippen LogP contribution in [0, 0.1) is 5.82 Å². The molecular formula is C15H21FN2O2. The van der Waals surface area contributed by atoms with E-state index in [0.29, 0.717) is 5.92 Å². The van der Waals surface area contributed by atoms with Crippen molar-refractivity contribution in [2.45, 2.75) is 38.7 Å². The fourth-order valence-electron chi connectivity index (χ4n) is 2.25. The summed E-state index contributed by atoms with van der Waals surface area (Å²) in [6.07, 6.45) is 0.385. The maximum Gasteiger partial charge on any atom is 0.412 e. The van der Waals surface area contributed by atoms with Gasteiger partial charge >= 0.3 is 6.09 Å². The Balaban J connectivity index is 2.10. The Morgan fingerprint density at radius 1 is 1.45 bits per heavy atom. The van der Waals surface area contributed by atoms with Crippen LogP contribution in [0.2, 0.25) is 0 Å². The third kappa shape index (κ3) is 3.93. The lowest BCUT2D eigenvalue weighted by Crippen LogP contribution is -2.27. The SMILES string of the molecule is CC(C)(C)OC(=O)Nc1cc(C2CCNC2)ccc1F. The number of carbonyl (C=O) groups is 1. The molecule has 1 amide bonds. The van der Waals surface area contributed by atoms with Crippen molar-refractivity contribution in [3.8, 4) is 0 Å². The van der Waals surface area contributed by atoms with E-state index in [4.69, 9.17) is 4.74 Å². The molecule has 1 fully saturated rings. The molecule has 0 saturated carbocycles. The van der Waals surface area contributed by atoms with E-state index >= 15 is 0 Å². The molecular weight excluding hydrogens is 259 g/mol. The standard InChI is InChI=1S/C15H21FN2O2/c1-15(2,3)20-14(19)18-13-8-10(4-5-12(13)16)11-6-7-17-9-11/h4-5,8,11,17H,6-7,9H2,1-3H3,(H,18,19). The van der Waals surface area contributed by atoms with E-state index in [2.05, 4.69) is 10.6 Å². The van der Waals surface area contributed by atoms with Gasteiger partial charge in [0.2, 0.25) is 0 Å². The van der Waals surface area contributed by atoms with Gasteiger partial charge in [0.25, 0.3) is 0 Å². The Labute approximate surface area is 118 Å². The second-order valence-electron chi connectivity index (χ2n) is 6.06. The second-order valence-corrected chi connectivity index (χ2v) is 6.06. The Morgan fingerprint density at radius 2 is 2.20 bits per heavy atom. The summed E-state index contributed by atoms with van der Waals surface area (Å²) in [4.78, 5) is 11.7. The van der Waals surface area contributed by atoms with Gasteiger partial charge in [-0.25, -0.2) is 9.18 Å². The number of benzene rings is 1. The van der Waals surface area contributed by atoms with Crippen molar-refractivity contribution < 1.29 is 13.9 Å². The predicted octanol–water partition coefficient (Wildman–Crippen LogP) is 3.25. The summed E-state index contributed by atoms with van der Waals surface area (Å²) in [5, 5.41) is 5.74. The highest BCUT2D eigenvalue weighted by Crippen LogP contribution is 2.26. The smallest absolute Gasteiger partial charge is 0.412 e. The van der Waals surface area contributed by atoms with Crippen molar-refractivity contribution in [1.82, 2.24) is 5.32 Å². The van der Waals surface area contributed by atoms with Crippen LogP contribution >= 0.6 is 0 Å². The molecule has 0 aromatic heterocycles. The molecule has 1 unspecified atom stereocenters. The fraction of sp³-hybridized carbons (Fsp3) is 0.533. The normalized spacial score (nSPS) is 18.9. The number of halogens is 1. The largest absolute Gasteiger partial charge is 0.444 e. The highest BCUT2D eigenvalue weighted by Gasteiger charge is 2.20. The fourth-order valence-corrected chi connectivity index (χ4v) is 2.25. The molecule has 1 aromatic rings. The number of nitrogens with one attached hydrogen (secondary N) is 2. The van der Waals surface area contributed by atoms with Gasteiger partial charge in [0, 0.05) is 6.54 Å². The first-order valence-electron chi connectivity index (χ1n) is 6.85. The van der Waals surface area contributed by atoms with Gasteiger partial charge in [-0.2, -0.15) is 0 Å². The van der Waals surface area contributed by atoms with Crippen LogP contribution in [0.3, 0.4) is 0 Å². The van der Waals surface area contributed by atoms with Crippen LogP contribution in [0.4, 0.5) is 14.9 Å². The molecule has 1 atom stereocenters. The lowest BCUT2D eigenvalue weighted by molar-refractivity contribution is 0.0635. The van der Waals surface area contributed by atoms with Crippen LogP contribution in [0.15, 0.2) is 18.2 Å². The minimum absolute atomic E-state index is 0.170. The molecule has 1 aromatic carbocycles. The van der Waals surface area contributed by atoms with E-state index in [1.54, 1.807) is 32.9 Å². The van der Waals surface area contributed by atoms with E-state index < -0.39 is 17.5 Å². The van der Waals surface area contributed by atoms with Crippen LogP contribution in [0.25, 0.3) is 0 Å². The molecule has 20 heavy (non-hydrogen) atoms. The lowest BCUT2D eigenvalue weighted by Gasteiger charge is -2.20. The van der Waals surface area contributed by atoms with Gasteiger partial charge in [-0.15, -0.1) is 0 Å². The summed E-state index contributed by atoms with van der Waals surface area (Å²) < 4.78 is 18.9. The zero-order valence-corrected chi connectivity index (χ0v) is 12.1. The maximum absolute atomic E-state index is 13.8. The van der Waals surface area contributed by atoms with E-state index in [1.807, 2.05) is 0 Å². The van der Waals surface area contributed by atoms with Gasteiger partial charge in [0.05, 0.1) is 5.69 Å². The molecule has 1 aliphatic rings. The molecule has 0 bridgehead atoms. The summed E-state index contributed by atoms with van der Waals surface area (Å²) in [6.45, 7) is 7.16. The van der Waals surface area contributed by atoms with Gasteiger partial charge in [-0.1, -0.05) is 6.07 Å². The van der Waals surface area contributed by atoms with Crippen LogP contribution in [0.1, 0.15) is 38.7 Å². The summed E-state index contributed by atoms with van der Waals surface area (Å²) >= 11 is 0. The monoisotopic (exact) mass is 280 g/mol. The molecule has 4 nitrogen and oxygen atoms in total. The van der Waals surface area contributed by atoms with Gasteiger partial charge < -0.3 is 10.1 Å². The van der Waals surface area contributed by atoms with Gasteiger partial charge in [-0.05, 0) is 57.4 Å². The Bertz CT molecular complexity index is 491. The summed E-state index contributed by atoms with van der Waals surface area (Å²) in [6, 6.07) is 4.85. The number of carbonyl (C=O) groups excluding carboxylic acids is 1. The second kappa shape index (κ2) is 5.79. The molecule has 0 aliphatic carbocycles. The molecule has 2 rings (SSSR count). The van der Waals surface area contributed by atoms with Crippen LogP contribution in [-0.4, -0.2) is 24.8 Å². The minimum Gasteiger partial charge on any atom is -0.444 e. The van der Waals surface area contributed by atoms with E-state index in [0.717, 1.165) is 25.1 Å². The van der Waals surface area contributed by atoms with Gasteiger partial charge in [0.15, 0.2) is 0 Å². The number of anilines is 1. The summed E-state index contributed by atoms with van der Waals surface area (Å²) in [7, 11) is 0. The molecule has 110 valence electrons. The number of hydrogen-bond donors (Lipinski definition) is 2. The van der Waals surface area contributed by atoms with Crippen molar-refractivity contribution >= 4 is 11.8 Å². The first-order chi connectivity index (χ1) is 9.35. The van der Waals surface area contributed by atoms with Crippen molar-refractivity contribution in [2.24, 2.45) is 0 Å². The zero-order chi connectivity index (χ0) is 14.8. The third-order valence-corrected chi connectivity index (χ3v) is 3.16. The zero-order valence-electron chi connectivity index (χ0n) is 12.1. The van der Waals surface area contributed by atoms with Crippen molar-refractivity contribution in [3.63, 3.8) is 0 Å². The molecule has 5 heteroatoms. The lowest BCUT2D eigenvalue weighted by atomic mass is 9.98. The van der Waals surface area contributed by atoms with Crippen molar-refractivity contribution in [1.29, 1.82) is 0 Å². The highest BCUT2D eigenvalue weighted by molar-refractivity contribution is 5.85. The maximum atomic E-state index is 13.8. The Morgan fingerprint density at radius 3 is 2.80 bits per heavy atom. The van der Waals surface area contributed by atoms with E-state index in [-0.39, 0.29) is 5.69 Å². The Kier molecular flexibility index (Phi) is 4.28. The van der Waals surface area contributed by atoms with Crippen molar-refractivity contribution in [2.75, 3.05) is 18.4 Å². The quantitative estimate of drug-likeness (QED) is 0.874. The van der Waals surface area contributed by atoms with Crippen molar-refractivity contribution in [3.05, 3.63) is 29.6 Å². The van der Waals surface area contributed by atoms with Crippen LogP contribution < -0.4 is 10.6 Å². The van der Waals surface area contributed by atoms with Crippen LogP contribution in [-0.2, 0) is 4.74 Å². The topological polar surface area (TPSA) is 50.4 Å². The number of hydrogen-bond acceptors (Lipinski definition) is 3. The molecule has 1 heterocycles. The average Bonchev–Trinajstić information content (AvgIpc) is 2.83. The Hall–Kier alpha value is -1.62. The first kappa shape index (κ1) is 14.8. The predicted molar refractivity (Wildman–Crippen MR) is 76.5 cm³/mol. The summed E-state index contributed by atoms with van der Waals surface area (Å²) in [5.41, 5.74) is 0.596. The first-order valence-corrected chi connectivity index (χ1v) is 6.85. The summed E-state index contributed by atoms with van der Waals surface area (Å²) in [5.74, 6) is -0.0830. The average molecular weight is 280 g/mol. The van der Waals surface area contributed by atoms with E-state index in [1.165, 1.54) is 6.07 Å². The number of amides is 1. The number of rotatable bonds is 2. The van der Waals surface area contributed by atoms with E-state index in [9.17, 15) is 9.18 Å². The number of ether oxygens (including phenoxy) is 1. The molecule has 0 radical (unpaired) electrons. The van der Waals surface area contributed by atoms with Gasteiger partial charge in [-0.3, -0.25) is 5.32 Å². The molecule has 0 spiro atoms.